The van der Waals surface area contributed by atoms with Crippen LogP contribution in [0.1, 0.15) is 32.1 Å². The van der Waals surface area contributed by atoms with Gasteiger partial charge in [0.15, 0.2) is 0 Å². The minimum Gasteiger partial charge on any atom is -0.378 e. The predicted octanol–water partition coefficient (Wildman–Crippen LogP) is 0.747. The Morgan fingerprint density at radius 2 is 2.12 bits per heavy atom. The van der Waals surface area contributed by atoms with Crippen LogP contribution in [0.25, 0.3) is 0 Å². The molecule has 0 saturated carbocycles. The van der Waals surface area contributed by atoms with Crippen molar-refractivity contribution in [3.63, 3.8) is 0 Å². The van der Waals surface area contributed by atoms with Crippen LogP contribution < -0.4 is 10.6 Å². The van der Waals surface area contributed by atoms with Gasteiger partial charge in [-0.15, -0.1) is 0 Å². The van der Waals surface area contributed by atoms with Gasteiger partial charge < -0.3 is 19.9 Å². The first-order chi connectivity index (χ1) is 8.22. The second kappa shape index (κ2) is 5.46. The molecule has 2 heterocycles. The molecule has 1 aromatic rings. The van der Waals surface area contributed by atoms with E-state index in [0.717, 1.165) is 19.5 Å². The number of hydrogen-bond acceptors (Lipinski definition) is 6. The van der Waals surface area contributed by atoms with E-state index in [1.165, 1.54) is 0 Å². The Morgan fingerprint density at radius 3 is 2.71 bits per heavy atom. The van der Waals surface area contributed by atoms with Gasteiger partial charge in [-0.05, 0) is 18.5 Å². The highest BCUT2D eigenvalue weighted by Gasteiger charge is 2.23. The van der Waals surface area contributed by atoms with Gasteiger partial charge in [0.25, 0.3) is 5.95 Å². The molecule has 1 aromatic heterocycles. The van der Waals surface area contributed by atoms with Gasteiger partial charge in [0.1, 0.15) is 0 Å². The summed E-state index contributed by atoms with van der Waals surface area (Å²) < 4.78 is 10.6. The van der Waals surface area contributed by atoms with Crippen LogP contribution in [0.5, 0.6) is 0 Å². The maximum absolute atomic E-state index is 5.91. The lowest BCUT2D eigenvalue weighted by atomic mass is 9.99. The standard InChI is InChI=1S/C11H20N4O2/c1-3-9(8(2)12)10-13-11(14-17-10)15-4-6-16-7-5-15/h8-9H,3-7,12H2,1-2H3. The molecule has 2 rings (SSSR count). The lowest BCUT2D eigenvalue weighted by Crippen LogP contribution is -2.37. The summed E-state index contributed by atoms with van der Waals surface area (Å²) in [5.41, 5.74) is 5.91. The first-order valence-electron chi connectivity index (χ1n) is 6.14. The highest BCUT2D eigenvalue weighted by Crippen LogP contribution is 2.22. The smallest absolute Gasteiger partial charge is 0.266 e. The molecule has 6 heteroatoms. The molecule has 0 aliphatic carbocycles. The lowest BCUT2D eigenvalue weighted by Gasteiger charge is -2.24. The third kappa shape index (κ3) is 2.76. The molecule has 2 atom stereocenters. The van der Waals surface area contributed by atoms with E-state index in [9.17, 15) is 0 Å². The van der Waals surface area contributed by atoms with E-state index in [2.05, 4.69) is 22.0 Å². The lowest BCUT2D eigenvalue weighted by molar-refractivity contribution is 0.121. The topological polar surface area (TPSA) is 77.4 Å². The molecule has 2 N–H and O–H groups in total. The van der Waals surface area contributed by atoms with E-state index in [1.54, 1.807) is 0 Å². The van der Waals surface area contributed by atoms with Crippen LogP contribution in [-0.4, -0.2) is 42.5 Å². The molecule has 0 radical (unpaired) electrons. The molecular weight excluding hydrogens is 220 g/mol. The quantitative estimate of drug-likeness (QED) is 0.836. The van der Waals surface area contributed by atoms with Crippen LogP contribution in [0.4, 0.5) is 5.95 Å². The maximum Gasteiger partial charge on any atom is 0.266 e. The Kier molecular flexibility index (Phi) is 3.96. The van der Waals surface area contributed by atoms with Crippen LogP contribution in [0.3, 0.4) is 0 Å². The van der Waals surface area contributed by atoms with Crippen molar-refractivity contribution in [2.24, 2.45) is 5.73 Å². The van der Waals surface area contributed by atoms with Crippen molar-refractivity contribution in [3.8, 4) is 0 Å². The Labute approximate surface area is 101 Å². The van der Waals surface area contributed by atoms with Gasteiger partial charge in [-0.2, -0.15) is 4.98 Å². The molecule has 1 aliphatic heterocycles. The van der Waals surface area contributed by atoms with Crippen LogP contribution in [-0.2, 0) is 4.74 Å². The average molecular weight is 240 g/mol. The SMILES string of the molecule is CCC(c1nc(N2CCOCC2)no1)C(C)N. The van der Waals surface area contributed by atoms with Crippen molar-refractivity contribution < 1.29 is 9.26 Å². The van der Waals surface area contributed by atoms with E-state index >= 15 is 0 Å². The monoisotopic (exact) mass is 240 g/mol. The average Bonchev–Trinajstić information content (AvgIpc) is 2.80. The number of aromatic nitrogens is 2. The number of rotatable bonds is 4. The van der Waals surface area contributed by atoms with Crippen LogP contribution in [0, 0.1) is 0 Å². The molecule has 0 aromatic carbocycles. The Bertz CT molecular complexity index is 347. The van der Waals surface area contributed by atoms with Crippen LogP contribution in [0.2, 0.25) is 0 Å². The molecule has 17 heavy (non-hydrogen) atoms. The van der Waals surface area contributed by atoms with Gasteiger partial charge in [-0.25, -0.2) is 0 Å². The molecule has 1 saturated heterocycles. The number of ether oxygens (including phenoxy) is 1. The Hall–Kier alpha value is -1.14. The van der Waals surface area contributed by atoms with Crippen molar-refractivity contribution in [3.05, 3.63) is 5.89 Å². The van der Waals surface area contributed by atoms with Crippen molar-refractivity contribution in [1.82, 2.24) is 10.1 Å². The van der Waals surface area contributed by atoms with E-state index in [4.69, 9.17) is 15.0 Å². The molecule has 1 fully saturated rings. The van der Waals surface area contributed by atoms with Crippen LogP contribution in [0.15, 0.2) is 4.52 Å². The maximum atomic E-state index is 5.91. The fraction of sp³-hybridized carbons (Fsp3) is 0.818. The first kappa shape index (κ1) is 12.3. The Balaban J connectivity index is 2.08. The highest BCUT2D eigenvalue weighted by atomic mass is 16.5. The molecule has 0 amide bonds. The number of hydrogen-bond donors (Lipinski definition) is 1. The number of nitrogens with two attached hydrogens (primary N) is 1. The van der Waals surface area contributed by atoms with Gasteiger partial charge in [0.2, 0.25) is 5.89 Å². The summed E-state index contributed by atoms with van der Waals surface area (Å²) in [6, 6.07) is 0.0259. The Morgan fingerprint density at radius 1 is 1.41 bits per heavy atom. The zero-order chi connectivity index (χ0) is 12.3. The third-order valence-corrected chi connectivity index (χ3v) is 3.12. The van der Waals surface area contributed by atoms with E-state index < -0.39 is 0 Å². The normalized spacial score (nSPS) is 20.3. The van der Waals surface area contributed by atoms with Crippen molar-refractivity contribution in [1.29, 1.82) is 0 Å². The first-order valence-corrected chi connectivity index (χ1v) is 6.14. The van der Waals surface area contributed by atoms with Gasteiger partial charge in [0, 0.05) is 19.1 Å². The van der Waals surface area contributed by atoms with Gasteiger partial charge >= 0.3 is 0 Å². The van der Waals surface area contributed by atoms with Crippen molar-refractivity contribution >= 4 is 5.95 Å². The van der Waals surface area contributed by atoms with Gasteiger partial charge in [0.05, 0.1) is 19.1 Å². The fourth-order valence-corrected chi connectivity index (χ4v) is 2.04. The molecule has 96 valence electrons. The molecule has 0 spiro atoms. The van der Waals surface area contributed by atoms with Crippen molar-refractivity contribution in [2.45, 2.75) is 32.2 Å². The molecule has 1 aliphatic rings. The summed E-state index contributed by atoms with van der Waals surface area (Å²) in [6.07, 6.45) is 0.905. The van der Waals surface area contributed by atoms with Gasteiger partial charge in [-0.3, -0.25) is 0 Å². The second-order valence-electron chi connectivity index (χ2n) is 4.41. The van der Waals surface area contributed by atoms with E-state index in [1.807, 2.05) is 6.92 Å². The van der Waals surface area contributed by atoms with Crippen LogP contribution >= 0.6 is 0 Å². The summed E-state index contributed by atoms with van der Waals surface area (Å²) in [5.74, 6) is 1.43. The van der Waals surface area contributed by atoms with Gasteiger partial charge in [-0.1, -0.05) is 6.92 Å². The minimum absolute atomic E-state index is 0.0259. The summed E-state index contributed by atoms with van der Waals surface area (Å²) in [5, 5.41) is 4.02. The summed E-state index contributed by atoms with van der Waals surface area (Å²) >= 11 is 0. The molecule has 2 unspecified atom stereocenters. The van der Waals surface area contributed by atoms with E-state index in [-0.39, 0.29) is 12.0 Å². The number of nitrogens with zero attached hydrogens (tertiary/aromatic N) is 3. The molecule has 0 bridgehead atoms. The fourth-order valence-electron chi connectivity index (χ4n) is 2.04. The second-order valence-corrected chi connectivity index (χ2v) is 4.41. The van der Waals surface area contributed by atoms with Crippen molar-refractivity contribution in [2.75, 3.05) is 31.2 Å². The zero-order valence-corrected chi connectivity index (χ0v) is 10.4. The third-order valence-electron chi connectivity index (χ3n) is 3.12. The summed E-state index contributed by atoms with van der Waals surface area (Å²) in [4.78, 5) is 6.51. The highest BCUT2D eigenvalue weighted by molar-refractivity contribution is 5.28. The minimum atomic E-state index is 0.0259. The number of anilines is 1. The largest absolute Gasteiger partial charge is 0.378 e. The summed E-state index contributed by atoms with van der Waals surface area (Å²) in [6.45, 7) is 7.10. The number of morpholine rings is 1. The predicted molar refractivity (Wildman–Crippen MR) is 64.0 cm³/mol. The zero-order valence-electron chi connectivity index (χ0n) is 10.4. The molecular formula is C11H20N4O2. The van der Waals surface area contributed by atoms with E-state index in [0.29, 0.717) is 25.1 Å². The molecule has 6 nitrogen and oxygen atoms in total. The summed E-state index contributed by atoms with van der Waals surface area (Å²) in [7, 11) is 0.